The molecule has 16 nitrogen and oxygen atoms in total. The van der Waals surface area contributed by atoms with Crippen LogP contribution in [0.25, 0.3) is 31.8 Å². The van der Waals surface area contributed by atoms with Gasteiger partial charge in [-0.2, -0.15) is 0 Å². The van der Waals surface area contributed by atoms with Crippen LogP contribution < -0.4 is 25.8 Å². The number of anilines is 3. The molecule has 1 fully saturated rings. The summed E-state index contributed by atoms with van der Waals surface area (Å²) in [5.74, 6) is -0.253. The number of ether oxygens (including phenoxy) is 1. The molecule has 3 aromatic heterocycles. The van der Waals surface area contributed by atoms with E-state index in [-0.39, 0.29) is 55.3 Å². The Morgan fingerprint density at radius 2 is 1.54 bits per heavy atom. The van der Waals surface area contributed by atoms with Crippen molar-refractivity contribution in [2.24, 2.45) is 5.41 Å². The molecule has 18 heteroatoms. The summed E-state index contributed by atoms with van der Waals surface area (Å²) >= 11 is 3.01. The summed E-state index contributed by atoms with van der Waals surface area (Å²) in [6.07, 6.45) is 8.56. The average molecular weight is 1010 g/mol. The molecule has 71 heavy (non-hydrogen) atoms. The van der Waals surface area contributed by atoms with E-state index in [4.69, 9.17) is 9.72 Å². The van der Waals surface area contributed by atoms with Gasteiger partial charge in [-0.05, 0) is 73.9 Å². The predicted octanol–water partition coefficient (Wildman–Crippen LogP) is 9.24. The first kappa shape index (κ1) is 52.8. The molecule has 1 saturated heterocycles. The summed E-state index contributed by atoms with van der Waals surface area (Å²) in [5, 5.41) is 20.1. The van der Waals surface area contributed by atoms with Crippen LogP contribution in [0.2, 0.25) is 0 Å². The Morgan fingerprint density at radius 1 is 0.859 bits per heavy atom. The molecule has 0 aliphatic carbocycles. The largest absolute Gasteiger partial charge is 0.446 e. The van der Waals surface area contributed by atoms with Crippen molar-refractivity contribution in [2.75, 3.05) is 41.8 Å². The van der Waals surface area contributed by atoms with E-state index >= 15 is 0 Å². The van der Waals surface area contributed by atoms with Gasteiger partial charge in [-0.15, -0.1) is 11.3 Å². The number of β-amino-alcohol motifs (C(OH)–C–C–N with tert-alkyl or cyclic N) is 1. The molecule has 7 rings (SSSR count). The minimum atomic E-state index is -0.861. The van der Waals surface area contributed by atoms with Crippen molar-refractivity contribution < 1.29 is 33.8 Å². The lowest BCUT2D eigenvalue weighted by atomic mass is 9.85. The summed E-state index contributed by atoms with van der Waals surface area (Å²) in [5.41, 5.74) is 7.43. The maximum absolute atomic E-state index is 14.0. The van der Waals surface area contributed by atoms with Gasteiger partial charge >= 0.3 is 6.09 Å². The standard InChI is InChI=1S/C53H69N9O7S2/c1-33(2)69-52(68)61-25-24-60(7)48-41(61)26-38(30-54-48)37-22-23-40-43(27-37)71-51(57-40)59-45(65)17-15-13-11-9-8-10-12-14-16-44(64)58-47(53(4,5)6)50(67)62-31-39(63)28-42(62)49(66)55-29-35-18-20-36(21-19-35)46-34(3)56-32-70-46/h18-23,26-27,30,32-33,39,42,47,63H,8-17,24-25,28-29,31H2,1-7H3,(H,55,66)(H,58,64)(H,57,59,65)/t39-,42+,47-/m1/s1. The molecule has 380 valence electrons. The number of hydrogen-bond donors (Lipinski definition) is 4. The number of benzene rings is 2. The number of nitrogens with zero attached hydrogens (tertiary/aromatic N) is 6. The molecule has 0 saturated carbocycles. The van der Waals surface area contributed by atoms with E-state index in [0.29, 0.717) is 43.2 Å². The highest BCUT2D eigenvalue weighted by atomic mass is 32.1. The summed E-state index contributed by atoms with van der Waals surface area (Å²) in [6, 6.07) is 14.1. The molecule has 0 bridgehead atoms. The van der Waals surface area contributed by atoms with Gasteiger partial charge in [-0.3, -0.25) is 24.1 Å². The third kappa shape index (κ3) is 13.9. The number of unbranched alkanes of at least 4 members (excludes halogenated alkanes) is 7. The van der Waals surface area contributed by atoms with Gasteiger partial charge in [0.15, 0.2) is 10.9 Å². The normalized spacial score (nSPS) is 16.3. The number of carbonyl (C=O) groups excluding carboxylic acids is 5. The molecular formula is C53H69N9O7S2. The maximum atomic E-state index is 14.0. The van der Waals surface area contributed by atoms with Gasteiger partial charge < -0.3 is 35.6 Å². The number of thiazole rings is 2. The lowest BCUT2D eigenvalue weighted by molar-refractivity contribution is -0.144. The van der Waals surface area contributed by atoms with Crippen LogP contribution >= 0.6 is 22.7 Å². The highest BCUT2D eigenvalue weighted by Gasteiger charge is 2.44. The van der Waals surface area contributed by atoms with Crippen LogP contribution in [0.3, 0.4) is 0 Å². The fraction of sp³-hybridized carbons (Fsp3) is 0.509. The molecule has 0 unspecified atom stereocenters. The first-order chi connectivity index (χ1) is 33.9. The average Bonchev–Trinajstić information content (AvgIpc) is 4.07. The number of pyridine rings is 1. The van der Waals surface area contributed by atoms with E-state index in [1.165, 1.54) is 16.2 Å². The molecule has 0 spiro atoms. The van der Waals surface area contributed by atoms with Gasteiger partial charge in [0, 0.05) is 64.2 Å². The summed E-state index contributed by atoms with van der Waals surface area (Å²) in [4.78, 5) is 86.3. The molecule has 5 heterocycles. The second-order valence-corrected chi connectivity index (χ2v) is 22.0. The summed E-state index contributed by atoms with van der Waals surface area (Å²) in [7, 11) is 1.96. The number of aliphatic hydroxyl groups is 1. The monoisotopic (exact) mass is 1010 g/mol. The van der Waals surface area contributed by atoms with Crippen molar-refractivity contribution in [2.45, 2.75) is 143 Å². The number of aliphatic hydroxyl groups excluding tert-OH is 1. The second-order valence-electron chi connectivity index (χ2n) is 20.1. The first-order valence-corrected chi connectivity index (χ1v) is 26.6. The zero-order chi connectivity index (χ0) is 50.8. The number of aryl methyl sites for hydroxylation is 1. The molecule has 0 radical (unpaired) electrons. The van der Waals surface area contributed by atoms with E-state index in [1.54, 1.807) is 16.2 Å². The van der Waals surface area contributed by atoms with E-state index in [0.717, 1.165) is 93.8 Å². The van der Waals surface area contributed by atoms with Crippen LogP contribution in [0.1, 0.15) is 117 Å². The number of aromatic nitrogens is 3. The highest BCUT2D eigenvalue weighted by molar-refractivity contribution is 7.22. The van der Waals surface area contributed by atoms with Crippen molar-refractivity contribution in [3.8, 4) is 21.6 Å². The minimum absolute atomic E-state index is 0.0254. The van der Waals surface area contributed by atoms with Crippen molar-refractivity contribution in [3.05, 3.63) is 71.5 Å². The zero-order valence-corrected chi connectivity index (χ0v) is 43.7. The van der Waals surface area contributed by atoms with Crippen molar-refractivity contribution in [1.82, 2.24) is 30.5 Å². The summed E-state index contributed by atoms with van der Waals surface area (Å²) < 4.78 is 6.44. The lowest BCUT2D eigenvalue weighted by Crippen LogP contribution is -2.57. The Bertz CT molecular complexity index is 2660. The van der Waals surface area contributed by atoms with Gasteiger partial charge in [-0.1, -0.05) is 101 Å². The first-order valence-electron chi connectivity index (χ1n) is 24.9. The summed E-state index contributed by atoms with van der Waals surface area (Å²) in [6.45, 7) is 12.8. The molecule has 2 aliphatic heterocycles. The van der Waals surface area contributed by atoms with E-state index in [9.17, 15) is 29.1 Å². The third-order valence-corrected chi connectivity index (χ3v) is 14.9. The fourth-order valence-electron chi connectivity index (χ4n) is 9.01. The predicted molar refractivity (Wildman–Crippen MR) is 282 cm³/mol. The number of likely N-dealkylation sites (tertiary alicyclic amines) is 1. The molecular weight excluding hydrogens is 939 g/mol. The van der Waals surface area contributed by atoms with Gasteiger partial charge in [-0.25, -0.2) is 19.7 Å². The van der Waals surface area contributed by atoms with Gasteiger partial charge in [0.2, 0.25) is 23.6 Å². The Balaban J connectivity index is 0.780. The van der Waals surface area contributed by atoms with Gasteiger partial charge in [0.25, 0.3) is 0 Å². The Kier molecular flexibility index (Phi) is 17.8. The highest BCUT2D eigenvalue weighted by Crippen LogP contribution is 2.37. The van der Waals surface area contributed by atoms with Crippen molar-refractivity contribution in [3.63, 3.8) is 0 Å². The molecule has 4 N–H and O–H groups in total. The van der Waals surface area contributed by atoms with Gasteiger partial charge in [0.1, 0.15) is 12.1 Å². The lowest BCUT2D eigenvalue weighted by Gasteiger charge is -2.35. The Hall–Kier alpha value is -5.98. The number of amides is 5. The minimum Gasteiger partial charge on any atom is -0.446 e. The number of carbonyl (C=O) groups is 5. The zero-order valence-electron chi connectivity index (χ0n) is 42.1. The third-order valence-electron chi connectivity index (χ3n) is 13.0. The van der Waals surface area contributed by atoms with Crippen LogP contribution in [0.5, 0.6) is 0 Å². The van der Waals surface area contributed by atoms with Gasteiger partial charge in [0.05, 0.1) is 44.2 Å². The van der Waals surface area contributed by atoms with Crippen LogP contribution in [0.4, 0.5) is 21.4 Å². The fourth-order valence-corrected chi connectivity index (χ4v) is 10.7. The SMILES string of the molecule is Cc1ncsc1-c1ccc(CNC(=O)[C@@H]2C[C@@H](O)CN2C(=O)[C@@H](NC(=O)CCCCCCCCCCC(=O)Nc2nc3ccc(-c4cnc5c(c4)N(C(=O)OC(C)C)CCN5C)cc3s2)C(C)(C)C)cc1. The number of nitrogens with one attached hydrogen (secondary N) is 3. The maximum Gasteiger partial charge on any atom is 0.414 e. The molecule has 3 atom stereocenters. The number of fused-ring (bicyclic) bond motifs is 2. The Morgan fingerprint density at radius 3 is 2.20 bits per heavy atom. The van der Waals surface area contributed by atoms with Crippen LogP contribution in [-0.2, 0) is 30.5 Å². The molecule has 5 aromatic rings. The van der Waals surface area contributed by atoms with Crippen LogP contribution in [0, 0.1) is 12.3 Å². The quantitative estimate of drug-likeness (QED) is 0.0542. The number of hydrogen-bond acceptors (Lipinski definition) is 13. The van der Waals surface area contributed by atoms with Crippen LogP contribution in [0.15, 0.2) is 60.2 Å². The van der Waals surface area contributed by atoms with E-state index in [2.05, 4.69) is 25.9 Å². The number of rotatable bonds is 20. The molecule has 2 aromatic carbocycles. The second kappa shape index (κ2) is 24.0. The molecule has 2 aliphatic rings. The van der Waals surface area contributed by atoms with Crippen LogP contribution in [-0.4, -0.2) is 106 Å². The smallest absolute Gasteiger partial charge is 0.414 e. The topological polar surface area (TPSA) is 199 Å². The van der Waals surface area contributed by atoms with E-state index in [1.807, 2.05) is 114 Å². The van der Waals surface area contributed by atoms with E-state index < -0.39 is 23.6 Å². The Labute approximate surface area is 425 Å². The number of likely N-dealkylation sites (N-methyl/N-ethyl adjacent to an activating group) is 1. The molecule has 5 amide bonds. The van der Waals surface area contributed by atoms with Crippen molar-refractivity contribution in [1.29, 1.82) is 0 Å². The van der Waals surface area contributed by atoms with Crippen molar-refractivity contribution >= 4 is 79.2 Å².